The van der Waals surface area contributed by atoms with E-state index in [1.165, 1.54) is 24.3 Å². The van der Waals surface area contributed by atoms with Crippen molar-refractivity contribution < 1.29 is 22.4 Å². The molecule has 2 aromatic heterocycles. The molecule has 0 aliphatic rings. The molecule has 142 valence electrons. The van der Waals surface area contributed by atoms with Crippen LogP contribution in [0.15, 0.2) is 30.3 Å². The predicted molar refractivity (Wildman–Crippen MR) is 87.7 cm³/mol. The van der Waals surface area contributed by atoms with Crippen molar-refractivity contribution in [3.63, 3.8) is 0 Å². The molecular weight excluding hydrogens is 368 g/mol. The fourth-order valence-corrected chi connectivity index (χ4v) is 2.26. The molecule has 2 N–H and O–H groups in total. The molecule has 2 heterocycles. The first-order valence-corrected chi connectivity index (χ1v) is 7.83. The number of anilines is 1. The summed E-state index contributed by atoms with van der Waals surface area (Å²) in [5.41, 5.74) is 0.571. The third kappa shape index (κ3) is 4.13. The molecule has 0 bridgehead atoms. The molecule has 0 radical (unpaired) electrons. The molecule has 0 fully saturated rings. The highest BCUT2D eigenvalue weighted by Crippen LogP contribution is 2.27. The third-order valence-electron chi connectivity index (χ3n) is 3.67. The van der Waals surface area contributed by atoms with Crippen LogP contribution in [0, 0.1) is 12.7 Å². The Labute approximate surface area is 150 Å². The number of halogens is 4. The van der Waals surface area contributed by atoms with Crippen molar-refractivity contribution in [2.24, 2.45) is 0 Å². The van der Waals surface area contributed by atoms with Gasteiger partial charge in [0.2, 0.25) is 0 Å². The van der Waals surface area contributed by atoms with Gasteiger partial charge in [-0.3, -0.25) is 4.79 Å². The number of rotatable bonds is 5. The highest BCUT2D eigenvalue weighted by Gasteiger charge is 2.37. The second-order valence-corrected chi connectivity index (χ2v) is 5.66. The molecule has 0 aliphatic heterocycles. The highest BCUT2D eigenvalue weighted by molar-refractivity contribution is 5.94. The average Bonchev–Trinajstić information content (AvgIpc) is 3.04. The van der Waals surface area contributed by atoms with E-state index in [4.69, 9.17) is 0 Å². The standard InChI is InChI=1S/C16H14F4N6O/c1-9-2-3-10(8-11(9)17)14(27)22-7-6-21-12-4-5-13-23-24-15(16(18,19)20)26(13)25-12/h2-5,8H,6-7H2,1H3,(H,21,25)(H,22,27). The Hall–Kier alpha value is -3.24. The Morgan fingerprint density at radius 3 is 2.63 bits per heavy atom. The minimum Gasteiger partial charge on any atom is -0.367 e. The van der Waals surface area contributed by atoms with Gasteiger partial charge in [-0.05, 0) is 36.8 Å². The van der Waals surface area contributed by atoms with E-state index in [0.29, 0.717) is 10.1 Å². The number of aromatic nitrogens is 4. The molecule has 11 heteroatoms. The number of fused-ring (bicyclic) bond motifs is 1. The molecule has 3 aromatic rings. The minimum absolute atomic E-state index is 0.0393. The van der Waals surface area contributed by atoms with Gasteiger partial charge in [0.25, 0.3) is 11.7 Å². The monoisotopic (exact) mass is 382 g/mol. The van der Waals surface area contributed by atoms with E-state index < -0.39 is 23.7 Å². The fourth-order valence-electron chi connectivity index (χ4n) is 2.26. The fraction of sp³-hybridized carbons (Fsp3) is 0.250. The number of amides is 1. The molecule has 1 amide bonds. The molecule has 0 saturated carbocycles. The number of hydrogen-bond acceptors (Lipinski definition) is 5. The number of carbonyl (C=O) groups excluding carboxylic acids is 1. The summed E-state index contributed by atoms with van der Waals surface area (Å²) in [5.74, 6) is -2.01. The van der Waals surface area contributed by atoms with E-state index in [0.717, 1.165) is 6.07 Å². The van der Waals surface area contributed by atoms with Gasteiger partial charge >= 0.3 is 6.18 Å². The maximum absolute atomic E-state index is 13.5. The van der Waals surface area contributed by atoms with E-state index in [1.54, 1.807) is 6.92 Å². The van der Waals surface area contributed by atoms with Gasteiger partial charge in [0, 0.05) is 18.7 Å². The minimum atomic E-state index is -4.68. The Balaban J connectivity index is 1.59. The lowest BCUT2D eigenvalue weighted by Crippen LogP contribution is -2.29. The van der Waals surface area contributed by atoms with Gasteiger partial charge in [-0.15, -0.1) is 15.3 Å². The van der Waals surface area contributed by atoms with Crippen LogP contribution in [0.3, 0.4) is 0 Å². The van der Waals surface area contributed by atoms with Crippen molar-refractivity contribution in [2.45, 2.75) is 13.1 Å². The Morgan fingerprint density at radius 2 is 1.93 bits per heavy atom. The third-order valence-corrected chi connectivity index (χ3v) is 3.67. The lowest BCUT2D eigenvalue weighted by molar-refractivity contribution is -0.146. The van der Waals surface area contributed by atoms with Crippen molar-refractivity contribution in [3.8, 4) is 0 Å². The molecule has 0 spiro atoms. The second kappa shape index (κ2) is 7.17. The summed E-state index contributed by atoms with van der Waals surface area (Å²) in [5, 5.41) is 15.7. The first-order valence-electron chi connectivity index (χ1n) is 7.83. The van der Waals surface area contributed by atoms with E-state index in [9.17, 15) is 22.4 Å². The molecule has 27 heavy (non-hydrogen) atoms. The zero-order chi connectivity index (χ0) is 19.6. The maximum atomic E-state index is 13.5. The summed E-state index contributed by atoms with van der Waals surface area (Å²) < 4.78 is 52.6. The number of aryl methyl sites for hydroxylation is 1. The largest absolute Gasteiger partial charge is 0.453 e. The summed E-state index contributed by atoms with van der Waals surface area (Å²) in [6.45, 7) is 1.94. The molecular formula is C16H14F4N6O. The number of hydrogen-bond donors (Lipinski definition) is 2. The first-order chi connectivity index (χ1) is 12.8. The van der Waals surface area contributed by atoms with Crippen LogP contribution >= 0.6 is 0 Å². The van der Waals surface area contributed by atoms with Crippen molar-refractivity contribution in [2.75, 3.05) is 18.4 Å². The molecule has 0 aliphatic carbocycles. The lowest BCUT2D eigenvalue weighted by Gasteiger charge is -2.09. The molecule has 7 nitrogen and oxygen atoms in total. The molecule has 1 aromatic carbocycles. The van der Waals surface area contributed by atoms with Crippen LogP contribution in [0.5, 0.6) is 0 Å². The Morgan fingerprint density at radius 1 is 1.15 bits per heavy atom. The summed E-state index contributed by atoms with van der Waals surface area (Å²) in [7, 11) is 0. The van der Waals surface area contributed by atoms with Crippen molar-refractivity contribution in [1.29, 1.82) is 0 Å². The smallest absolute Gasteiger partial charge is 0.367 e. The normalized spacial score (nSPS) is 11.6. The predicted octanol–water partition coefficient (Wildman–Crippen LogP) is 2.43. The van der Waals surface area contributed by atoms with Crippen LogP contribution < -0.4 is 10.6 Å². The summed E-state index contributed by atoms with van der Waals surface area (Å²) >= 11 is 0. The number of nitrogens with zero attached hydrogens (tertiary/aromatic N) is 4. The van der Waals surface area contributed by atoms with Crippen LogP contribution in [0.1, 0.15) is 21.7 Å². The van der Waals surface area contributed by atoms with Crippen LogP contribution in [0.4, 0.5) is 23.4 Å². The zero-order valence-electron chi connectivity index (χ0n) is 14.0. The van der Waals surface area contributed by atoms with Crippen molar-refractivity contribution >= 4 is 17.4 Å². The number of benzene rings is 1. The number of carbonyl (C=O) groups is 1. The molecule has 0 atom stereocenters. The Kier molecular flexibility index (Phi) is 4.93. The van der Waals surface area contributed by atoms with Gasteiger partial charge in [-0.1, -0.05) is 6.07 Å². The summed E-state index contributed by atoms with van der Waals surface area (Å²) in [4.78, 5) is 11.9. The van der Waals surface area contributed by atoms with Crippen LogP contribution in [0.2, 0.25) is 0 Å². The Bertz CT molecular complexity index is 985. The summed E-state index contributed by atoms with van der Waals surface area (Å²) in [6.07, 6.45) is -4.68. The van der Waals surface area contributed by atoms with Gasteiger partial charge < -0.3 is 10.6 Å². The van der Waals surface area contributed by atoms with E-state index >= 15 is 0 Å². The first kappa shape index (κ1) is 18.5. The SMILES string of the molecule is Cc1ccc(C(=O)NCCNc2ccc3nnc(C(F)(F)F)n3n2)cc1F. The lowest BCUT2D eigenvalue weighted by atomic mass is 10.1. The van der Waals surface area contributed by atoms with Gasteiger partial charge in [-0.25, -0.2) is 4.39 Å². The van der Waals surface area contributed by atoms with Gasteiger partial charge in [0.1, 0.15) is 11.6 Å². The van der Waals surface area contributed by atoms with Crippen LogP contribution in [-0.2, 0) is 6.18 Å². The second-order valence-electron chi connectivity index (χ2n) is 5.66. The molecule has 0 saturated heterocycles. The molecule has 0 unspecified atom stereocenters. The van der Waals surface area contributed by atoms with Crippen LogP contribution in [0.25, 0.3) is 5.65 Å². The number of alkyl halides is 3. The van der Waals surface area contributed by atoms with Crippen molar-refractivity contribution in [3.05, 3.63) is 53.1 Å². The van der Waals surface area contributed by atoms with E-state index in [-0.39, 0.29) is 30.1 Å². The van der Waals surface area contributed by atoms with Gasteiger partial charge in [0.15, 0.2) is 5.65 Å². The van der Waals surface area contributed by atoms with Gasteiger partial charge in [0.05, 0.1) is 0 Å². The van der Waals surface area contributed by atoms with Gasteiger partial charge in [-0.2, -0.15) is 17.7 Å². The maximum Gasteiger partial charge on any atom is 0.453 e. The van der Waals surface area contributed by atoms with E-state index in [1.807, 2.05) is 0 Å². The van der Waals surface area contributed by atoms with E-state index in [2.05, 4.69) is 25.9 Å². The molecule has 3 rings (SSSR count). The van der Waals surface area contributed by atoms with Crippen molar-refractivity contribution in [1.82, 2.24) is 25.1 Å². The van der Waals surface area contributed by atoms with Crippen LogP contribution in [-0.4, -0.2) is 38.8 Å². The quantitative estimate of drug-likeness (QED) is 0.523. The average molecular weight is 382 g/mol. The highest BCUT2D eigenvalue weighted by atomic mass is 19.4. The number of nitrogens with one attached hydrogen (secondary N) is 2. The topological polar surface area (TPSA) is 84.2 Å². The zero-order valence-corrected chi connectivity index (χ0v) is 14.0. The summed E-state index contributed by atoms with van der Waals surface area (Å²) in [6, 6.07) is 6.92.